The number of rotatable bonds is 0. The summed E-state index contributed by atoms with van der Waals surface area (Å²) in [5.41, 5.74) is -3.13. The van der Waals surface area contributed by atoms with E-state index in [1.165, 1.54) is 9.96 Å². The molecule has 126 valence electrons. The molecule has 7 heteroatoms. The lowest BCUT2D eigenvalue weighted by molar-refractivity contribution is -0.256. The van der Waals surface area contributed by atoms with Gasteiger partial charge in [-0.1, -0.05) is 0 Å². The van der Waals surface area contributed by atoms with Crippen molar-refractivity contribution in [3.63, 3.8) is 0 Å². The first-order valence-corrected chi connectivity index (χ1v) is 7.84. The molecule has 0 aromatic carbocycles. The predicted molar refractivity (Wildman–Crippen MR) is 83.4 cm³/mol. The van der Waals surface area contributed by atoms with Crippen LogP contribution in [-0.2, 0) is 4.79 Å². The highest BCUT2D eigenvalue weighted by atomic mass is 35.5. The van der Waals surface area contributed by atoms with Crippen LogP contribution in [0.5, 0.6) is 0 Å². The summed E-state index contributed by atoms with van der Waals surface area (Å²) in [7, 11) is 0. The Hall–Kier alpha value is -0.850. The molecular formula is C15H26ClN3O3. The number of imide groups is 1. The van der Waals surface area contributed by atoms with Crippen LogP contribution >= 0.6 is 11.8 Å². The minimum atomic E-state index is -1.13. The molecule has 3 amide bonds. The minimum absolute atomic E-state index is 0.278. The Kier molecular flexibility index (Phi) is 3.65. The molecule has 0 aromatic heterocycles. The smallest absolute Gasteiger partial charge is 0.313 e. The van der Waals surface area contributed by atoms with Crippen LogP contribution in [0, 0.1) is 0 Å². The molecule has 0 radical (unpaired) electrons. The van der Waals surface area contributed by atoms with E-state index in [0.717, 1.165) is 4.42 Å². The van der Waals surface area contributed by atoms with E-state index in [0.29, 0.717) is 0 Å². The summed E-state index contributed by atoms with van der Waals surface area (Å²) in [6, 6.07) is -0.489. The van der Waals surface area contributed by atoms with E-state index in [9.17, 15) is 14.8 Å². The first-order valence-electron chi connectivity index (χ1n) is 7.51. The Bertz CT molecular complexity index is 507. The number of piperidine rings is 1. The van der Waals surface area contributed by atoms with Gasteiger partial charge in [-0.3, -0.25) is 9.69 Å². The number of urea groups is 1. The molecule has 2 aliphatic heterocycles. The molecule has 0 saturated carbocycles. The van der Waals surface area contributed by atoms with Crippen molar-refractivity contribution in [2.75, 3.05) is 0 Å². The largest absolute Gasteiger partial charge is 0.342 e. The second-order valence-electron chi connectivity index (χ2n) is 8.70. The lowest BCUT2D eigenvalue weighted by Gasteiger charge is -2.55. The van der Waals surface area contributed by atoms with E-state index in [-0.39, 0.29) is 18.7 Å². The van der Waals surface area contributed by atoms with Gasteiger partial charge in [0.15, 0.2) is 0 Å². The van der Waals surface area contributed by atoms with Gasteiger partial charge in [-0.2, -0.15) is 5.06 Å². The van der Waals surface area contributed by atoms with Gasteiger partial charge in [0, 0.05) is 41.2 Å². The van der Waals surface area contributed by atoms with Gasteiger partial charge in [-0.15, -0.1) is 0 Å². The average molecular weight is 332 g/mol. The van der Waals surface area contributed by atoms with Gasteiger partial charge in [0.1, 0.15) is 5.54 Å². The van der Waals surface area contributed by atoms with E-state index in [1.54, 1.807) is 0 Å². The number of nitrogens with zero attached hydrogens (tertiary/aromatic N) is 3. The van der Waals surface area contributed by atoms with E-state index >= 15 is 0 Å². The molecule has 6 nitrogen and oxygen atoms in total. The molecule has 0 atom stereocenters. The number of hydrogen-bond acceptors (Lipinski definition) is 4. The van der Waals surface area contributed by atoms with Gasteiger partial charge < -0.3 is 5.21 Å². The molecule has 1 spiro atoms. The van der Waals surface area contributed by atoms with Crippen molar-refractivity contribution >= 4 is 23.7 Å². The minimum Gasteiger partial charge on any atom is -0.313 e. The van der Waals surface area contributed by atoms with Crippen LogP contribution in [-0.4, -0.2) is 53.7 Å². The SMILES string of the molecule is CC(C)(C)N1C(=O)N(Cl)C2(CC(C)(C)N(O)C(C)(C)C2)C1=O. The zero-order valence-corrected chi connectivity index (χ0v) is 15.2. The van der Waals surface area contributed by atoms with Gasteiger partial charge >= 0.3 is 6.03 Å². The standard InChI is InChI=1S/C15H26ClN3O3/c1-12(2,3)17-10(20)15(18(16)11(17)21)8-13(4,5)19(22)14(6,7)9-15/h22H,8-9H2,1-7H3. The quantitative estimate of drug-likeness (QED) is 0.547. The Morgan fingerprint density at radius 2 is 1.45 bits per heavy atom. The fourth-order valence-corrected chi connectivity index (χ4v) is 4.26. The van der Waals surface area contributed by atoms with E-state index in [4.69, 9.17) is 11.8 Å². The Morgan fingerprint density at radius 3 is 1.77 bits per heavy atom. The molecule has 2 saturated heterocycles. The summed E-state index contributed by atoms with van der Waals surface area (Å²) in [4.78, 5) is 26.9. The number of halogens is 1. The van der Waals surface area contributed by atoms with E-state index in [2.05, 4.69) is 0 Å². The van der Waals surface area contributed by atoms with Crippen LogP contribution in [0.15, 0.2) is 0 Å². The second kappa shape index (κ2) is 4.58. The molecule has 0 aromatic rings. The van der Waals surface area contributed by atoms with Crippen molar-refractivity contribution in [2.45, 2.75) is 83.5 Å². The molecule has 2 fully saturated rings. The molecule has 0 unspecified atom stereocenters. The van der Waals surface area contributed by atoms with Crippen molar-refractivity contribution < 1.29 is 14.8 Å². The molecule has 1 N–H and O–H groups in total. The van der Waals surface area contributed by atoms with Crippen LogP contribution < -0.4 is 0 Å². The summed E-state index contributed by atoms with van der Waals surface area (Å²) < 4.78 is 1.05. The highest BCUT2D eigenvalue weighted by Crippen LogP contribution is 2.50. The highest BCUT2D eigenvalue weighted by Gasteiger charge is 2.66. The van der Waals surface area contributed by atoms with Crippen molar-refractivity contribution in [3.8, 4) is 0 Å². The summed E-state index contributed by atoms with van der Waals surface area (Å²) in [5, 5.41) is 11.7. The van der Waals surface area contributed by atoms with Crippen LogP contribution in [0.4, 0.5) is 4.79 Å². The Labute approximate surface area is 137 Å². The number of amides is 3. The van der Waals surface area contributed by atoms with Crippen molar-refractivity contribution in [3.05, 3.63) is 0 Å². The average Bonchev–Trinajstić information content (AvgIpc) is 2.47. The molecule has 22 heavy (non-hydrogen) atoms. The van der Waals surface area contributed by atoms with Crippen LogP contribution in [0.3, 0.4) is 0 Å². The molecule has 0 bridgehead atoms. The maximum absolute atomic E-state index is 13.1. The second-order valence-corrected chi connectivity index (χ2v) is 9.03. The topological polar surface area (TPSA) is 64.1 Å². The first-order chi connectivity index (χ1) is 9.67. The van der Waals surface area contributed by atoms with Crippen molar-refractivity contribution in [2.24, 2.45) is 0 Å². The third-order valence-electron chi connectivity index (χ3n) is 4.60. The highest BCUT2D eigenvalue weighted by molar-refractivity contribution is 6.28. The van der Waals surface area contributed by atoms with Gasteiger partial charge in [0.25, 0.3) is 5.91 Å². The normalized spacial score (nSPS) is 27.9. The van der Waals surface area contributed by atoms with Gasteiger partial charge in [-0.25, -0.2) is 9.21 Å². The Balaban J connectivity index is 2.55. The van der Waals surface area contributed by atoms with Crippen LogP contribution in [0.25, 0.3) is 0 Å². The molecule has 2 aliphatic rings. The van der Waals surface area contributed by atoms with Gasteiger partial charge in [0.05, 0.1) is 0 Å². The van der Waals surface area contributed by atoms with Crippen molar-refractivity contribution in [1.29, 1.82) is 0 Å². The molecule has 0 aliphatic carbocycles. The summed E-state index contributed by atoms with van der Waals surface area (Å²) in [5.74, 6) is -0.283. The van der Waals surface area contributed by atoms with Gasteiger partial charge in [-0.05, 0) is 48.5 Å². The molecule has 2 rings (SSSR count). The fourth-order valence-electron chi connectivity index (χ4n) is 3.99. The third-order valence-corrected chi connectivity index (χ3v) is 5.07. The predicted octanol–water partition coefficient (Wildman–Crippen LogP) is 2.98. The summed E-state index contributed by atoms with van der Waals surface area (Å²) >= 11 is 6.32. The summed E-state index contributed by atoms with van der Waals surface area (Å²) in [6.07, 6.45) is 0.557. The van der Waals surface area contributed by atoms with Crippen molar-refractivity contribution in [1.82, 2.24) is 14.4 Å². The number of hydrogen-bond donors (Lipinski definition) is 1. The van der Waals surface area contributed by atoms with Crippen LogP contribution in [0.2, 0.25) is 0 Å². The zero-order chi connectivity index (χ0) is 17.3. The Morgan fingerprint density at radius 1 is 1.05 bits per heavy atom. The first kappa shape index (κ1) is 17.5. The zero-order valence-electron chi connectivity index (χ0n) is 14.4. The molecular weight excluding hydrogens is 306 g/mol. The third kappa shape index (κ3) is 2.23. The fraction of sp³-hybridized carbons (Fsp3) is 0.867. The molecule has 2 heterocycles. The lowest BCUT2D eigenvalue weighted by atomic mass is 9.70. The lowest BCUT2D eigenvalue weighted by Crippen LogP contribution is -2.68. The van der Waals surface area contributed by atoms with E-state index < -0.39 is 28.2 Å². The summed E-state index contributed by atoms with van der Waals surface area (Å²) in [6.45, 7) is 12.8. The maximum atomic E-state index is 13.1. The monoisotopic (exact) mass is 331 g/mol. The number of hydroxylamine groups is 2. The van der Waals surface area contributed by atoms with Crippen LogP contribution in [0.1, 0.15) is 61.3 Å². The van der Waals surface area contributed by atoms with E-state index in [1.807, 2.05) is 48.5 Å². The number of carbonyl (C=O) groups is 2. The maximum Gasteiger partial charge on any atom is 0.342 e. The number of carbonyl (C=O) groups excluding carboxylic acids is 2. The van der Waals surface area contributed by atoms with Gasteiger partial charge in [0.2, 0.25) is 0 Å².